The van der Waals surface area contributed by atoms with E-state index in [1.54, 1.807) is 5.57 Å². The van der Waals surface area contributed by atoms with Gasteiger partial charge in [-0.3, -0.25) is 9.59 Å². The van der Waals surface area contributed by atoms with Crippen molar-refractivity contribution in [3.63, 3.8) is 0 Å². The summed E-state index contributed by atoms with van der Waals surface area (Å²) in [5.41, 5.74) is 1.71. The summed E-state index contributed by atoms with van der Waals surface area (Å²) in [6, 6.07) is 0. The summed E-state index contributed by atoms with van der Waals surface area (Å²) in [6.45, 7) is 9.10. The topological polar surface area (TPSA) is 52.6 Å². The van der Waals surface area contributed by atoms with Crippen molar-refractivity contribution in [1.29, 1.82) is 0 Å². The van der Waals surface area contributed by atoms with Crippen LogP contribution in [0.2, 0.25) is 0 Å². The van der Waals surface area contributed by atoms with Gasteiger partial charge in [0.2, 0.25) is 0 Å². The number of ether oxygens (including phenoxy) is 2. The molecular weight excluding hydrogens is 376 g/mol. The molecule has 0 radical (unpaired) electrons. The molecule has 4 aliphatic rings. The van der Waals surface area contributed by atoms with Crippen molar-refractivity contribution >= 4 is 11.9 Å². The second-order valence-electron chi connectivity index (χ2n) is 10.7. The Balaban J connectivity index is 1.63. The van der Waals surface area contributed by atoms with E-state index in [1.165, 1.54) is 12.8 Å². The zero-order valence-corrected chi connectivity index (χ0v) is 19.4. The summed E-state index contributed by atoms with van der Waals surface area (Å²) in [6.07, 6.45) is 12.6. The predicted molar refractivity (Wildman–Crippen MR) is 117 cm³/mol. The van der Waals surface area contributed by atoms with E-state index >= 15 is 0 Å². The Labute approximate surface area is 182 Å². The first-order valence-corrected chi connectivity index (χ1v) is 12.4. The Morgan fingerprint density at radius 1 is 1.07 bits per heavy atom. The van der Waals surface area contributed by atoms with E-state index in [-0.39, 0.29) is 28.9 Å². The van der Waals surface area contributed by atoms with E-state index in [2.05, 4.69) is 19.9 Å². The fraction of sp³-hybridized carbons (Fsp3) is 0.846. The molecule has 168 valence electrons. The van der Waals surface area contributed by atoms with Crippen molar-refractivity contribution in [1.82, 2.24) is 0 Å². The first-order chi connectivity index (χ1) is 14.4. The van der Waals surface area contributed by atoms with Gasteiger partial charge in [-0.1, -0.05) is 39.3 Å². The zero-order valence-electron chi connectivity index (χ0n) is 19.4. The number of hydrogen-bond acceptors (Lipinski definition) is 4. The lowest BCUT2D eigenvalue weighted by atomic mass is 9.45. The molecule has 0 unspecified atom stereocenters. The summed E-state index contributed by atoms with van der Waals surface area (Å²) in [5.74, 6) is 2.25. The third-order valence-electron chi connectivity index (χ3n) is 9.32. The molecule has 0 aromatic rings. The molecule has 0 heterocycles. The van der Waals surface area contributed by atoms with Crippen LogP contribution in [-0.2, 0) is 19.1 Å². The van der Waals surface area contributed by atoms with Gasteiger partial charge >= 0.3 is 11.9 Å². The fourth-order valence-corrected chi connectivity index (χ4v) is 7.91. The van der Waals surface area contributed by atoms with Crippen LogP contribution in [0.1, 0.15) is 91.9 Å². The molecule has 0 aromatic heterocycles. The maximum Gasteiger partial charge on any atom is 0.305 e. The van der Waals surface area contributed by atoms with Gasteiger partial charge in [0.1, 0.15) is 12.7 Å². The molecule has 0 aromatic carbocycles. The van der Waals surface area contributed by atoms with Crippen LogP contribution in [-0.4, -0.2) is 24.6 Å². The largest absolute Gasteiger partial charge is 0.465 e. The van der Waals surface area contributed by atoms with Gasteiger partial charge in [-0.2, -0.15) is 0 Å². The van der Waals surface area contributed by atoms with Gasteiger partial charge in [-0.25, -0.2) is 0 Å². The summed E-state index contributed by atoms with van der Waals surface area (Å²) >= 11 is 0. The first kappa shape index (κ1) is 21.9. The Morgan fingerprint density at radius 3 is 2.57 bits per heavy atom. The molecule has 4 nitrogen and oxygen atoms in total. The summed E-state index contributed by atoms with van der Waals surface area (Å²) in [5, 5.41) is 0. The second-order valence-corrected chi connectivity index (χ2v) is 10.7. The van der Waals surface area contributed by atoms with E-state index in [9.17, 15) is 9.59 Å². The first-order valence-electron chi connectivity index (χ1n) is 12.4. The van der Waals surface area contributed by atoms with E-state index in [4.69, 9.17) is 9.47 Å². The Kier molecular flexibility index (Phi) is 6.07. The molecule has 30 heavy (non-hydrogen) atoms. The molecule has 0 amide bonds. The molecule has 0 spiro atoms. The van der Waals surface area contributed by atoms with E-state index in [0.717, 1.165) is 38.5 Å². The van der Waals surface area contributed by atoms with E-state index in [1.807, 2.05) is 13.8 Å². The van der Waals surface area contributed by atoms with Crippen LogP contribution in [0.25, 0.3) is 0 Å². The molecule has 3 fully saturated rings. The summed E-state index contributed by atoms with van der Waals surface area (Å²) in [7, 11) is 0. The minimum atomic E-state index is -0.0721. The van der Waals surface area contributed by atoms with Gasteiger partial charge in [0.25, 0.3) is 0 Å². The van der Waals surface area contributed by atoms with Crippen molar-refractivity contribution in [2.75, 3.05) is 6.61 Å². The lowest BCUT2D eigenvalue weighted by molar-refractivity contribution is -0.163. The summed E-state index contributed by atoms with van der Waals surface area (Å²) < 4.78 is 11.8. The quantitative estimate of drug-likeness (QED) is 0.417. The van der Waals surface area contributed by atoms with Crippen molar-refractivity contribution in [3.8, 4) is 0 Å². The van der Waals surface area contributed by atoms with Gasteiger partial charge in [0.05, 0.1) is 0 Å². The van der Waals surface area contributed by atoms with Crippen LogP contribution < -0.4 is 0 Å². The molecule has 0 aliphatic heterocycles. The molecule has 4 heteroatoms. The lowest BCUT2D eigenvalue weighted by Crippen LogP contribution is -2.55. The van der Waals surface area contributed by atoms with Crippen LogP contribution in [0.3, 0.4) is 0 Å². The number of carbonyl (C=O) groups excluding carboxylic acids is 2. The zero-order chi connectivity index (χ0) is 21.5. The minimum absolute atomic E-state index is 0.0327. The number of carbonyl (C=O) groups is 2. The van der Waals surface area contributed by atoms with Gasteiger partial charge in [-0.05, 0) is 75.0 Å². The highest BCUT2D eigenvalue weighted by atomic mass is 16.5. The molecule has 4 aliphatic carbocycles. The number of esters is 2. The number of allylic oxidation sites excluding steroid dienone is 1. The molecule has 7 atom stereocenters. The van der Waals surface area contributed by atoms with Crippen molar-refractivity contribution in [2.45, 2.75) is 98.0 Å². The number of fused-ring (bicyclic) bond motifs is 5. The smallest absolute Gasteiger partial charge is 0.305 e. The van der Waals surface area contributed by atoms with Gasteiger partial charge in [0.15, 0.2) is 0 Å². The highest BCUT2D eigenvalue weighted by Crippen LogP contribution is 2.66. The lowest BCUT2D eigenvalue weighted by Gasteiger charge is -2.60. The second kappa shape index (κ2) is 8.31. The van der Waals surface area contributed by atoms with Crippen LogP contribution in [0, 0.1) is 34.5 Å². The minimum Gasteiger partial charge on any atom is -0.465 e. The van der Waals surface area contributed by atoms with E-state index < -0.39 is 0 Å². The predicted octanol–water partition coefficient (Wildman–Crippen LogP) is 5.84. The van der Waals surface area contributed by atoms with Crippen molar-refractivity contribution in [3.05, 3.63) is 11.6 Å². The Morgan fingerprint density at radius 2 is 1.83 bits per heavy atom. The van der Waals surface area contributed by atoms with Gasteiger partial charge in [0, 0.05) is 23.7 Å². The monoisotopic (exact) mass is 416 g/mol. The van der Waals surface area contributed by atoms with Gasteiger partial charge in [-0.15, -0.1) is 0 Å². The maximum atomic E-state index is 12.1. The van der Waals surface area contributed by atoms with Crippen molar-refractivity contribution < 1.29 is 19.1 Å². The molecule has 0 saturated heterocycles. The normalized spacial score (nSPS) is 42.4. The highest BCUT2D eigenvalue weighted by molar-refractivity contribution is 5.69. The highest BCUT2D eigenvalue weighted by Gasteiger charge is 2.62. The van der Waals surface area contributed by atoms with Crippen LogP contribution in [0.5, 0.6) is 0 Å². The molecule has 0 N–H and O–H groups in total. The Bertz CT molecular complexity index is 712. The third kappa shape index (κ3) is 3.42. The van der Waals surface area contributed by atoms with Crippen LogP contribution >= 0.6 is 0 Å². The standard InChI is InChI=1S/C26H40O4/c1-5-23(27)29-16-26-13-8-7-9-19(26)17(3)15-18-20-10-11-22(30-24(28)6-2)25(20,4)14-12-21(18)26/h9,17-18,20-22H,5-8,10-16H2,1-4H3/t17-,18-,20-,21-,22-,25-,26+/m0/s1. The molecule has 3 saturated carbocycles. The van der Waals surface area contributed by atoms with E-state index in [0.29, 0.717) is 43.1 Å². The summed E-state index contributed by atoms with van der Waals surface area (Å²) in [4.78, 5) is 24.1. The molecular formula is C26H40O4. The van der Waals surface area contributed by atoms with Crippen LogP contribution in [0.4, 0.5) is 0 Å². The van der Waals surface area contributed by atoms with Crippen molar-refractivity contribution in [2.24, 2.45) is 34.5 Å². The number of hydrogen-bond donors (Lipinski definition) is 0. The third-order valence-corrected chi connectivity index (χ3v) is 9.32. The fourth-order valence-electron chi connectivity index (χ4n) is 7.91. The van der Waals surface area contributed by atoms with Gasteiger partial charge < -0.3 is 9.47 Å². The maximum absolute atomic E-state index is 12.1. The average Bonchev–Trinajstić information content (AvgIpc) is 3.08. The molecule has 4 rings (SSSR count). The Hall–Kier alpha value is -1.32. The SMILES string of the molecule is CCC(=O)OC[C@]12CCCC=C1[C@@H](C)C[C@@H]1[C@@H]2CC[C@]2(C)[C@@H](OC(=O)CC)CC[C@@H]12. The van der Waals surface area contributed by atoms with Crippen LogP contribution in [0.15, 0.2) is 11.6 Å². The number of rotatable bonds is 5. The average molecular weight is 417 g/mol. The molecule has 0 bridgehead atoms.